The number of rotatable bonds is 11. The maximum Gasteiger partial charge on any atom is 0.417 e. The van der Waals surface area contributed by atoms with Gasteiger partial charge in [0, 0.05) is 65.8 Å². The molecule has 0 saturated carbocycles. The minimum absolute atomic E-state index is 0.218. The van der Waals surface area contributed by atoms with Crippen LogP contribution in [0.4, 0.5) is 13.2 Å². The van der Waals surface area contributed by atoms with Crippen molar-refractivity contribution in [2.45, 2.75) is 82.1 Å². The van der Waals surface area contributed by atoms with Crippen LogP contribution in [0.2, 0.25) is 0 Å². The molecule has 234 valence electrons. The summed E-state index contributed by atoms with van der Waals surface area (Å²) in [5.74, 6) is 1.09. The molecule has 42 heavy (non-hydrogen) atoms. The van der Waals surface area contributed by atoms with Crippen LogP contribution in [0.1, 0.15) is 62.3 Å². The third-order valence-corrected chi connectivity index (χ3v) is 11.0. The molecule has 12 heteroatoms. The van der Waals surface area contributed by atoms with Gasteiger partial charge in [0.25, 0.3) is 0 Å². The summed E-state index contributed by atoms with van der Waals surface area (Å²) < 4.78 is 58.6. The Bertz CT molecular complexity index is 1210. The predicted molar refractivity (Wildman–Crippen MR) is 163 cm³/mol. The van der Waals surface area contributed by atoms with Crippen LogP contribution in [-0.2, 0) is 36.7 Å². The van der Waals surface area contributed by atoms with Crippen molar-refractivity contribution in [3.8, 4) is 11.3 Å². The Morgan fingerprint density at radius 2 is 1.69 bits per heavy atom. The number of aliphatic hydroxyl groups excluding tert-OH is 1. The minimum atomic E-state index is -4.45. The molecule has 2 atom stereocenters. The van der Waals surface area contributed by atoms with E-state index in [1.54, 1.807) is 6.07 Å². The first-order chi connectivity index (χ1) is 20.2. The second-order valence-corrected chi connectivity index (χ2v) is 14.5. The SMILES string of the molecule is CCS(=O)N1CCc2c(c(-c3ccc(C(F)(F)F)c(SCCN4CCCCC4)c3)nn2CC(O)CN2CCCCC2)C1. The lowest BCUT2D eigenvalue weighted by Gasteiger charge is -2.29. The van der Waals surface area contributed by atoms with E-state index in [2.05, 4.69) is 9.80 Å². The van der Waals surface area contributed by atoms with E-state index < -0.39 is 28.8 Å². The molecule has 5 rings (SSSR count). The zero-order valence-corrected chi connectivity index (χ0v) is 26.2. The Hall–Kier alpha value is -1.44. The largest absolute Gasteiger partial charge is 0.417 e. The maximum absolute atomic E-state index is 14.0. The van der Waals surface area contributed by atoms with E-state index in [0.29, 0.717) is 55.4 Å². The van der Waals surface area contributed by atoms with Crippen molar-refractivity contribution in [2.75, 3.05) is 57.3 Å². The first-order valence-electron chi connectivity index (χ1n) is 15.4. The molecular weight excluding hydrogens is 583 g/mol. The van der Waals surface area contributed by atoms with Gasteiger partial charge in [0.05, 0.1) is 34.9 Å². The Morgan fingerprint density at radius 1 is 1.00 bits per heavy atom. The number of thioether (sulfide) groups is 1. The van der Waals surface area contributed by atoms with Crippen LogP contribution in [-0.4, -0.2) is 96.6 Å². The van der Waals surface area contributed by atoms with Crippen LogP contribution in [0.25, 0.3) is 11.3 Å². The Labute approximate surface area is 254 Å². The number of aromatic nitrogens is 2. The summed E-state index contributed by atoms with van der Waals surface area (Å²) in [7, 11) is -1.14. The van der Waals surface area contributed by atoms with E-state index in [-0.39, 0.29) is 4.90 Å². The fourth-order valence-electron chi connectivity index (χ4n) is 6.39. The standard InChI is InChI=1S/C30H44F3N5O2S2/c1-2-42(40)37-16-11-27-25(22-37)29(34-38(27)21-24(39)20-36-14-7-4-8-15-36)23-9-10-26(30(31,32)33)28(19-23)41-18-17-35-12-5-3-6-13-35/h9-10,19,24,39H,2-8,11-18,20-22H2,1H3. The summed E-state index contributed by atoms with van der Waals surface area (Å²) in [6.07, 6.45) is 2.61. The average Bonchev–Trinajstić information content (AvgIpc) is 3.34. The molecule has 0 bridgehead atoms. The summed E-state index contributed by atoms with van der Waals surface area (Å²) in [5.41, 5.74) is 2.52. The van der Waals surface area contributed by atoms with Gasteiger partial charge < -0.3 is 14.9 Å². The molecule has 2 saturated heterocycles. The molecule has 1 aromatic heterocycles. The summed E-state index contributed by atoms with van der Waals surface area (Å²) in [6.45, 7) is 8.59. The van der Waals surface area contributed by atoms with Crippen LogP contribution in [0.5, 0.6) is 0 Å². The highest BCUT2D eigenvalue weighted by Gasteiger charge is 2.35. The smallest absolute Gasteiger partial charge is 0.390 e. The fourth-order valence-corrected chi connectivity index (χ4v) is 8.45. The van der Waals surface area contributed by atoms with E-state index in [9.17, 15) is 22.5 Å². The molecule has 0 aliphatic carbocycles. The molecule has 0 amide bonds. The maximum atomic E-state index is 14.0. The minimum Gasteiger partial charge on any atom is -0.390 e. The van der Waals surface area contributed by atoms with Gasteiger partial charge in [0.15, 0.2) is 0 Å². The van der Waals surface area contributed by atoms with Crippen molar-refractivity contribution in [1.82, 2.24) is 23.9 Å². The molecule has 2 fully saturated rings. The van der Waals surface area contributed by atoms with Gasteiger partial charge in [-0.25, -0.2) is 8.51 Å². The normalized spacial score (nSPS) is 20.9. The molecule has 0 spiro atoms. The van der Waals surface area contributed by atoms with Crippen molar-refractivity contribution >= 4 is 22.7 Å². The van der Waals surface area contributed by atoms with Gasteiger partial charge >= 0.3 is 6.18 Å². The van der Waals surface area contributed by atoms with E-state index in [0.717, 1.165) is 69.7 Å². The zero-order valence-electron chi connectivity index (χ0n) is 24.6. The molecule has 1 aromatic carbocycles. The summed E-state index contributed by atoms with van der Waals surface area (Å²) in [4.78, 5) is 4.85. The molecular formula is C30H44F3N5O2S2. The molecule has 1 N–H and O–H groups in total. The van der Waals surface area contributed by atoms with Crippen LogP contribution >= 0.6 is 11.8 Å². The molecule has 2 unspecified atom stereocenters. The highest BCUT2D eigenvalue weighted by molar-refractivity contribution is 7.99. The lowest BCUT2D eigenvalue weighted by atomic mass is 10.0. The quantitative estimate of drug-likeness (QED) is 0.353. The van der Waals surface area contributed by atoms with Crippen molar-refractivity contribution in [3.63, 3.8) is 0 Å². The lowest BCUT2D eigenvalue weighted by molar-refractivity contribution is -0.139. The first-order valence-corrected chi connectivity index (χ1v) is 17.7. The van der Waals surface area contributed by atoms with Gasteiger partial charge in [0.1, 0.15) is 0 Å². The molecule has 4 heterocycles. The van der Waals surface area contributed by atoms with Crippen LogP contribution < -0.4 is 0 Å². The van der Waals surface area contributed by atoms with Gasteiger partial charge in [-0.05, 0) is 64.0 Å². The Kier molecular flexibility index (Phi) is 11.1. The summed E-state index contributed by atoms with van der Waals surface area (Å²) >= 11 is 1.26. The summed E-state index contributed by atoms with van der Waals surface area (Å²) in [5, 5.41) is 15.9. The topological polar surface area (TPSA) is 64.8 Å². The number of nitrogens with zero attached hydrogens (tertiary/aromatic N) is 5. The molecule has 2 aromatic rings. The number of likely N-dealkylation sites (tertiary alicyclic amines) is 2. The second-order valence-electron chi connectivity index (χ2n) is 11.7. The van der Waals surface area contributed by atoms with Crippen molar-refractivity contribution in [3.05, 3.63) is 35.0 Å². The van der Waals surface area contributed by atoms with Crippen molar-refractivity contribution < 1.29 is 22.5 Å². The number of aliphatic hydroxyl groups is 1. The van der Waals surface area contributed by atoms with Crippen LogP contribution in [0.15, 0.2) is 23.1 Å². The van der Waals surface area contributed by atoms with Gasteiger partial charge in [-0.3, -0.25) is 4.68 Å². The number of β-amino-alcohol motifs (C(OH)–C–C–N with tert-alkyl or cyclic N) is 1. The Balaban J connectivity index is 1.42. The highest BCUT2D eigenvalue weighted by atomic mass is 32.2. The van der Waals surface area contributed by atoms with E-state index in [4.69, 9.17) is 5.10 Å². The fraction of sp³-hybridized carbons (Fsp3) is 0.700. The lowest BCUT2D eigenvalue weighted by Crippen LogP contribution is -2.39. The van der Waals surface area contributed by atoms with Gasteiger partial charge in [-0.15, -0.1) is 11.8 Å². The molecule has 0 radical (unpaired) electrons. The Morgan fingerprint density at radius 3 is 2.36 bits per heavy atom. The third-order valence-electron chi connectivity index (χ3n) is 8.61. The number of hydrogen-bond donors (Lipinski definition) is 1. The number of halogens is 3. The monoisotopic (exact) mass is 627 g/mol. The van der Waals surface area contributed by atoms with Gasteiger partial charge in [0.2, 0.25) is 0 Å². The van der Waals surface area contributed by atoms with Crippen LogP contribution in [0.3, 0.4) is 0 Å². The highest BCUT2D eigenvalue weighted by Crippen LogP contribution is 2.40. The molecule has 3 aliphatic heterocycles. The number of alkyl halides is 3. The number of piperidine rings is 2. The summed E-state index contributed by atoms with van der Waals surface area (Å²) in [6, 6.07) is 4.33. The average molecular weight is 628 g/mol. The second kappa shape index (κ2) is 14.6. The van der Waals surface area contributed by atoms with E-state index >= 15 is 0 Å². The first kappa shape index (κ1) is 32.0. The van der Waals surface area contributed by atoms with Gasteiger partial charge in [-0.1, -0.05) is 25.8 Å². The zero-order chi connectivity index (χ0) is 29.7. The van der Waals surface area contributed by atoms with Gasteiger partial charge in [-0.2, -0.15) is 18.3 Å². The van der Waals surface area contributed by atoms with Crippen molar-refractivity contribution in [2.24, 2.45) is 0 Å². The number of fused-ring (bicyclic) bond motifs is 1. The third kappa shape index (κ3) is 7.98. The predicted octanol–water partition coefficient (Wildman–Crippen LogP) is 5.04. The van der Waals surface area contributed by atoms with E-state index in [1.807, 2.05) is 15.9 Å². The number of hydrogen-bond acceptors (Lipinski definition) is 6. The van der Waals surface area contributed by atoms with Crippen molar-refractivity contribution in [1.29, 1.82) is 0 Å². The molecule has 7 nitrogen and oxygen atoms in total. The number of benzene rings is 1. The van der Waals surface area contributed by atoms with Crippen LogP contribution in [0, 0.1) is 0 Å². The molecule has 3 aliphatic rings. The van der Waals surface area contributed by atoms with E-state index in [1.165, 1.54) is 36.7 Å².